The Morgan fingerprint density at radius 1 is 1.25 bits per heavy atom. The number of nitrogens with zero attached hydrogens (tertiary/aromatic N) is 4. The van der Waals surface area contributed by atoms with E-state index < -0.39 is 5.92 Å². The van der Waals surface area contributed by atoms with E-state index in [0.717, 1.165) is 11.0 Å². The minimum Gasteiger partial charge on any atom is -0.472 e. The fourth-order valence-electron chi connectivity index (χ4n) is 3.84. The van der Waals surface area contributed by atoms with Gasteiger partial charge in [0.2, 0.25) is 0 Å². The monoisotopic (exact) mass is 376 g/mol. The fourth-order valence-corrected chi connectivity index (χ4v) is 3.84. The second-order valence-electron chi connectivity index (χ2n) is 7.06. The van der Waals surface area contributed by atoms with E-state index in [1.54, 1.807) is 11.0 Å². The Hall–Kier alpha value is -3.40. The van der Waals surface area contributed by atoms with Crippen molar-refractivity contribution >= 4 is 22.7 Å². The van der Waals surface area contributed by atoms with Crippen LogP contribution in [0.15, 0.2) is 47.3 Å². The SMILES string of the molecule is Cn1c(C(C#N)C(=O)C2CCN(C(=O)c3ccoc3)CC2)nc2ccccc21. The number of furan rings is 1. The summed E-state index contributed by atoms with van der Waals surface area (Å²) < 4.78 is 6.79. The number of imidazole rings is 1. The van der Waals surface area contributed by atoms with E-state index in [2.05, 4.69) is 11.1 Å². The molecule has 0 bridgehead atoms. The van der Waals surface area contributed by atoms with Crippen LogP contribution in [0.1, 0.15) is 34.9 Å². The number of fused-ring (bicyclic) bond motifs is 1. The Morgan fingerprint density at radius 2 is 2.00 bits per heavy atom. The molecule has 1 saturated heterocycles. The number of piperidine rings is 1. The zero-order valence-electron chi connectivity index (χ0n) is 15.5. The number of para-hydroxylation sites is 2. The minimum absolute atomic E-state index is 0.0909. The summed E-state index contributed by atoms with van der Waals surface area (Å²) in [5, 5.41) is 9.70. The number of likely N-dealkylation sites (tertiary alicyclic amines) is 1. The van der Waals surface area contributed by atoms with Gasteiger partial charge in [0, 0.05) is 26.1 Å². The number of ketones is 1. The van der Waals surface area contributed by atoms with Crippen LogP contribution in [0, 0.1) is 17.2 Å². The summed E-state index contributed by atoms with van der Waals surface area (Å²) in [5.74, 6) is -0.884. The van der Waals surface area contributed by atoms with E-state index in [4.69, 9.17) is 4.42 Å². The lowest BCUT2D eigenvalue weighted by atomic mass is 9.85. The number of amides is 1. The second-order valence-corrected chi connectivity index (χ2v) is 7.06. The molecule has 0 radical (unpaired) electrons. The van der Waals surface area contributed by atoms with Gasteiger partial charge in [0.15, 0.2) is 11.7 Å². The molecule has 0 aliphatic carbocycles. The Bertz CT molecular complexity index is 1050. The first-order valence-electron chi connectivity index (χ1n) is 9.26. The molecule has 7 nitrogen and oxygen atoms in total. The van der Waals surface area contributed by atoms with Crippen molar-refractivity contribution in [3.05, 3.63) is 54.2 Å². The van der Waals surface area contributed by atoms with Gasteiger partial charge in [-0.2, -0.15) is 5.26 Å². The van der Waals surface area contributed by atoms with Crippen molar-refractivity contribution in [2.45, 2.75) is 18.8 Å². The van der Waals surface area contributed by atoms with E-state index in [0.29, 0.717) is 37.3 Å². The average molecular weight is 376 g/mol. The van der Waals surface area contributed by atoms with Crippen LogP contribution in [0.5, 0.6) is 0 Å². The Labute approximate surface area is 162 Å². The number of aromatic nitrogens is 2. The van der Waals surface area contributed by atoms with Gasteiger partial charge in [-0.25, -0.2) is 4.98 Å². The van der Waals surface area contributed by atoms with Crippen LogP contribution in [0.25, 0.3) is 11.0 Å². The Kier molecular flexibility index (Phi) is 4.70. The molecule has 1 amide bonds. The number of aryl methyl sites for hydroxylation is 1. The van der Waals surface area contributed by atoms with E-state index >= 15 is 0 Å². The van der Waals surface area contributed by atoms with Crippen LogP contribution < -0.4 is 0 Å². The van der Waals surface area contributed by atoms with Crippen molar-refractivity contribution in [2.75, 3.05) is 13.1 Å². The number of rotatable bonds is 4. The van der Waals surface area contributed by atoms with Gasteiger partial charge >= 0.3 is 0 Å². The molecule has 7 heteroatoms. The van der Waals surface area contributed by atoms with E-state index in [9.17, 15) is 14.9 Å². The lowest BCUT2D eigenvalue weighted by molar-refractivity contribution is -0.124. The molecule has 1 aliphatic heterocycles. The summed E-state index contributed by atoms with van der Waals surface area (Å²) in [5.41, 5.74) is 2.18. The van der Waals surface area contributed by atoms with Crippen LogP contribution in [-0.2, 0) is 11.8 Å². The summed E-state index contributed by atoms with van der Waals surface area (Å²) >= 11 is 0. The first kappa shape index (κ1) is 18.0. The van der Waals surface area contributed by atoms with Crippen molar-refractivity contribution < 1.29 is 14.0 Å². The number of carbonyl (C=O) groups excluding carboxylic acids is 2. The lowest BCUT2D eigenvalue weighted by Gasteiger charge is -2.31. The van der Waals surface area contributed by atoms with Crippen LogP contribution in [0.3, 0.4) is 0 Å². The molecule has 0 spiro atoms. The van der Waals surface area contributed by atoms with E-state index in [-0.39, 0.29) is 17.6 Å². The van der Waals surface area contributed by atoms with Gasteiger partial charge in [0.1, 0.15) is 12.1 Å². The Morgan fingerprint density at radius 3 is 2.64 bits per heavy atom. The van der Waals surface area contributed by atoms with Crippen LogP contribution >= 0.6 is 0 Å². The largest absolute Gasteiger partial charge is 0.472 e. The third-order valence-electron chi connectivity index (χ3n) is 5.45. The first-order valence-corrected chi connectivity index (χ1v) is 9.26. The van der Waals surface area contributed by atoms with Crippen LogP contribution in [0.2, 0.25) is 0 Å². The fraction of sp³-hybridized carbons (Fsp3) is 0.333. The molecule has 1 aromatic carbocycles. The molecule has 3 heterocycles. The van der Waals surface area contributed by atoms with Crippen molar-refractivity contribution in [1.29, 1.82) is 5.26 Å². The van der Waals surface area contributed by atoms with Gasteiger partial charge in [0.05, 0.1) is 28.9 Å². The summed E-state index contributed by atoms with van der Waals surface area (Å²) in [7, 11) is 1.83. The highest BCUT2D eigenvalue weighted by atomic mass is 16.3. The van der Waals surface area contributed by atoms with Gasteiger partial charge in [-0.05, 0) is 31.0 Å². The maximum absolute atomic E-state index is 13.1. The maximum atomic E-state index is 13.1. The van der Waals surface area contributed by atoms with Crippen molar-refractivity contribution in [3.63, 3.8) is 0 Å². The third kappa shape index (κ3) is 3.07. The molecule has 4 rings (SSSR count). The van der Waals surface area contributed by atoms with Crippen molar-refractivity contribution in [2.24, 2.45) is 13.0 Å². The summed E-state index contributed by atoms with van der Waals surface area (Å²) in [6, 6.07) is 11.4. The molecule has 3 aromatic rings. The molecule has 1 unspecified atom stereocenters. The summed E-state index contributed by atoms with van der Waals surface area (Å²) in [6.07, 6.45) is 3.99. The predicted molar refractivity (Wildman–Crippen MR) is 101 cm³/mol. The smallest absolute Gasteiger partial charge is 0.257 e. The molecule has 0 saturated carbocycles. The summed E-state index contributed by atoms with van der Waals surface area (Å²) in [4.78, 5) is 31.7. The highest BCUT2D eigenvalue weighted by Crippen LogP contribution is 2.28. The zero-order chi connectivity index (χ0) is 19.7. The Balaban J connectivity index is 1.48. The molecular formula is C21H20N4O3. The molecule has 28 heavy (non-hydrogen) atoms. The quantitative estimate of drug-likeness (QED) is 0.698. The maximum Gasteiger partial charge on any atom is 0.257 e. The van der Waals surface area contributed by atoms with Gasteiger partial charge in [-0.3, -0.25) is 9.59 Å². The number of hydrogen-bond donors (Lipinski definition) is 0. The van der Waals surface area contributed by atoms with Gasteiger partial charge in [-0.1, -0.05) is 12.1 Å². The number of Topliss-reactive ketones (excluding diaryl/α,β-unsaturated/α-hetero) is 1. The highest BCUT2D eigenvalue weighted by molar-refractivity contribution is 5.94. The number of hydrogen-bond acceptors (Lipinski definition) is 5. The standard InChI is InChI=1S/C21H20N4O3/c1-24-18-5-3-2-4-17(18)23-20(24)16(12-22)19(26)14-6-9-25(10-7-14)21(27)15-8-11-28-13-15/h2-5,8,11,13-14,16H,6-7,9-10H2,1H3. The van der Waals surface area contributed by atoms with Gasteiger partial charge < -0.3 is 13.9 Å². The van der Waals surface area contributed by atoms with E-state index in [1.807, 2.05) is 35.9 Å². The van der Waals surface area contributed by atoms with Gasteiger partial charge in [0.25, 0.3) is 5.91 Å². The molecule has 0 N–H and O–H groups in total. The van der Waals surface area contributed by atoms with Crippen molar-refractivity contribution in [3.8, 4) is 6.07 Å². The molecule has 142 valence electrons. The van der Waals surface area contributed by atoms with Crippen molar-refractivity contribution in [1.82, 2.24) is 14.5 Å². The molecule has 2 aromatic heterocycles. The van der Waals surface area contributed by atoms with Gasteiger partial charge in [-0.15, -0.1) is 0 Å². The average Bonchev–Trinajstić information content (AvgIpc) is 3.37. The first-order chi connectivity index (χ1) is 13.6. The third-order valence-corrected chi connectivity index (χ3v) is 5.45. The second kappa shape index (κ2) is 7.31. The predicted octanol–water partition coefficient (Wildman–Crippen LogP) is 2.89. The molecule has 1 aliphatic rings. The van der Waals surface area contributed by atoms with E-state index in [1.165, 1.54) is 12.5 Å². The highest BCUT2D eigenvalue weighted by Gasteiger charge is 2.35. The molecule has 1 fully saturated rings. The zero-order valence-corrected chi connectivity index (χ0v) is 15.5. The number of benzene rings is 1. The van der Waals surface area contributed by atoms with Crippen LogP contribution in [-0.4, -0.2) is 39.2 Å². The normalized spacial score (nSPS) is 16.1. The lowest BCUT2D eigenvalue weighted by Crippen LogP contribution is -2.41. The molecular weight excluding hydrogens is 356 g/mol. The molecule has 1 atom stereocenters. The number of nitriles is 1. The number of carbonyl (C=O) groups is 2. The summed E-state index contributed by atoms with van der Waals surface area (Å²) in [6.45, 7) is 0.974. The topological polar surface area (TPSA) is 92.1 Å². The minimum atomic E-state index is -0.904. The van der Waals surface area contributed by atoms with Crippen LogP contribution in [0.4, 0.5) is 0 Å².